The average Bonchev–Trinajstić information content (AvgIpc) is 3.07. The van der Waals surface area contributed by atoms with E-state index in [4.69, 9.17) is 11.6 Å². The molecule has 1 aromatic heterocycles. The molecule has 0 atom stereocenters. The van der Waals surface area contributed by atoms with Crippen molar-refractivity contribution in [2.75, 3.05) is 5.32 Å². The minimum Gasteiger partial charge on any atom is -0.300 e. The number of nitrogens with zero attached hydrogens (tertiary/aromatic N) is 2. The highest BCUT2D eigenvalue weighted by Crippen LogP contribution is 2.60. The Kier molecular flexibility index (Phi) is 4.69. The van der Waals surface area contributed by atoms with Crippen LogP contribution in [0.15, 0.2) is 28.6 Å². The highest BCUT2D eigenvalue weighted by Gasteiger charge is 2.54. The van der Waals surface area contributed by atoms with Gasteiger partial charge in [0.05, 0.1) is 5.41 Å². The lowest BCUT2D eigenvalue weighted by molar-refractivity contribution is -0.140. The topological polar surface area (TPSA) is 54.9 Å². The van der Waals surface area contributed by atoms with Crippen molar-refractivity contribution < 1.29 is 4.79 Å². The van der Waals surface area contributed by atoms with Crippen molar-refractivity contribution in [2.24, 2.45) is 23.2 Å². The van der Waals surface area contributed by atoms with Crippen molar-refractivity contribution in [1.82, 2.24) is 10.2 Å². The molecule has 4 aliphatic carbocycles. The lowest BCUT2D eigenvalue weighted by Gasteiger charge is -2.55. The Morgan fingerprint density at radius 3 is 2.37 bits per heavy atom. The number of thioether (sulfide) groups is 1. The van der Waals surface area contributed by atoms with Gasteiger partial charge in [-0.05, 0) is 74.0 Å². The molecule has 0 unspecified atom stereocenters. The number of carbonyl (C=O) groups excluding carboxylic acids is 1. The van der Waals surface area contributed by atoms with Crippen molar-refractivity contribution in [3.05, 3.63) is 34.9 Å². The quantitative estimate of drug-likeness (QED) is 0.503. The molecule has 0 radical (unpaired) electrons. The zero-order valence-electron chi connectivity index (χ0n) is 15.0. The van der Waals surface area contributed by atoms with Crippen molar-refractivity contribution in [3.63, 3.8) is 0 Å². The van der Waals surface area contributed by atoms with Gasteiger partial charge in [-0.1, -0.05) is 46.8 Å². The minimum absolute atomic E-state index is 0.142. The summed E-state index contributed by atoms with van der Waals surface area (Å²) in [7, 11) is 0. The molecule has 1 amide bonds. The Labute approximate surface area is 172 Å². The van der Waals surface area contributed by atoms with Gasteiger partial charge >= 0.3 is 0 Å². The number of benzene rings is 1. The van der Waals surface area contributed by atoms with E-state index in [1.807, 2.05) is 24.3 Å². The summed E-state index contributed by atoms with van der Waals surface area (Å²) < 4.78 is 0.880. The van der Waals surface area contributed by atoms with Gasteiger partial charge in [-0.3, -0.25) is 4.79 Å². The number of halogens is 1. The number of aromatic nitrogens is 2. The number of anilines is 1. The zero-order chi connectivity index (χ0) is 18.4. The largest absolute Gasteiger partial charge is 0.300 e. The van der Waals surface area contributed by atoms with E-state index in [1.54, 1.807) is 11.8 Å². The molecule has 27 heavy (non-hydrogen) atoms. The van der Waals surface area contributed by atoms with Crippen LogP contribution in [-0.2, 0) is 10.5 Å². The van der Waals surface area contributed by atoms with Gasteiger partial charge in [-0.2, -0.15) is 0 Å². The van der Waals surface area contributed by atoms with E-state index >= 15 is 0 Å². The van der Waals surface area contributed by atoms with Crippen LogP contribution in [0.4, 0.5) is 5.13 Å². The number of hydrogen-bond donors (Lipinski definition) is 1. The molecule has 2 aromatic rings. The zero-order valence-corrected chi connectivity index (χ0v) is 17.4. The smallest absolute Gasteiger partial charge is 0.232 e. The SMILES string of the molecule is O=C(Nc1nnc(SCc2ccc(Cl)cc2)s1)C12CC3CC(CC(C3)C1)C2. The van der Waals surface area contributed by atoms with E-state index in [0.29, 0.717) is 5.13 Å². The van der Waals surface area contributed by atoms with Gasteiger partial charge in [-0.25, -0.2) is 0 Å². The summed E-state index contributed by atoms with van der Waals surface area (Å²) >= 11 is 9.03. The molecular formula is C20H22ClN3OS2. The van der Waals surface area contributed by atoms with Gasteiger partial charge in [-0.15, -0.1) is 10.2 Å². The van der Waals surface area contributed by atoms with Crippen LogP contribution in [0.25, 0.3) is 0 Å². The van der Waals surface area contributed by atoms with Gasteiger partial charge in [0.2, 0.25) is 11.0 Å². The van der Waals surface area contributed by atoms with E-state index < -0.39 is 0 Å². The minimum atomic E-state index is -0.142. The molecule has 0 aliphatic heterocycles. The second kappa shape index (κ2) is 7.05. The Balaban J connectivity index is 1.22. The van der Waals surface area contributed by atoms with Gasteiger partial charge in [0.25, 0.3) is 0 Å². The second-order valence-corrected chi connectivity index (χ2v) is 11.1. The van der Waals surface area contributed by atoms with Gasteiger partial charge in [0.1, 0.15) is 0 Å². The van der Waals surface area contributed by atoms with Crippen LogP contribution in [0.2, 0.25) is 5.02 Å². The van der Waals surface area contributed by atoms with Crippen LogP contribution in [0.3, 0.4) is 0 Å². The molecule has 6 rings (SSSR count). The first-order valence-corrected chi connectivity index (χ1v) is 11.8. The Morgan fingerprint density at radius 1 is 1.11 bits per heavy atom. The maximum absolute atomic E-state index is 13.1. The maximum atomic E-state index is 13.1. The molecule has 1 aromatic carbocycles. The molecule has 7 heteroatoms. The number of hydrogen-bond acceptors (Lipinski definition) is 5. The predicted molar refractivity (Wildman–Crippen MR) is 110 cm³/mol. The first kappa shape index (κ1) is 18.0. The number of nitrogens with one attached hydrogen (secondary N) is 1. The summed E-state index contributed by atoms with van der Waals surface area (Å²) in [5.41, 5.74) is 1.05. The van der Waals surface area contributed by atoms with Crippen LogP contribution >= 0.6 is 34.7 Å². The van der Waals surface area contributed by atoms with E-state index in [2.05, 4.69) is 15.5 Å². The highest BCUT2D eigenvalue weighted by molar-refractivity contribution is 8.00. The fourth-order valence-corrected chi connectivity index (χ4v) is 7.49. The summed E-state index contributed by atoms with van der Waals surface area (Å²) in [5, 5.41) is 12.9. The molecule has 4 saturated carbocycles. The third kappa shape index (κ3) is 3.64. The van der Waals surface area contributed by atoms with Crippen molar-refractivity contribution >= 4 is 45.7 Å². The van der Waals surface area contributed by atoms with E-state index in [1.165, 1.54) is 36.2 Å². The summed E-state index contributed by atoms with van der Waals surface area (Å²) in [6.45, 7) is 0. The van der Waals surface area contributed by atoms with Gasteiger partial charge in [0, 0.05) is 10.8 Å². The average molecular weight is 420 g/mol. The van der Waals surface area contributed by atoms with Gasteiger partial charge < -0.3 is 5.32 Å². The Hall–Kier alpha value is -1.11. The first-order chi connectivity index (χ1) is 13.1. The maximum Gasteiger partial charge on any atom is 0.232 e. The normalized spacial score (nSPS) is 31.2. The van der Waals surface area contributed by atoms with Crippen molar-refractivity contribution in [3.8, 4) is 0 Å². The van der Waals surface area contributed by atoms with Crippen molar-refractivity contribution in [1.29, 1.82) is 0 Å². The first-order valence-electron chi connectivity index (χ1n) is 9.60. The summed E-state index contributed by atoms with van der Waals surface area (Å²) in [5.74, 6) is 3.30. The molecule has 0 saturated heterocycles. The standard InChI is InChI=1S/C20H22ClN3OS2/c21-16-3-1-12(2-4-16)11-26-19-24-23-18(27-19)22-17(25)20-8-13-5-14(9-20)7-15(6-13)10-20/h1-4,13-15H,5-11H2,(H,22,23,25). The summed E-state index contributed by atoms with van der Waals surface area (Å²) in [6.07, 6.45) is 7.25. The van der Waals surface area contributed by atoms with Crippen LogP contribution in [0, 0.1) is 23.2 Å². The molecular weight excluding hydrogens is 398 g/mol. The molecule has 0 spiro atoms. The fraction of sp³-hybridized carbons (Fsp3) is 0.550. The number of rotatable bonds is 5. The van der Waals surface area contributed by atoms with E-state index in [0.717, 1.165) is 52.1 Å². The lowest BCUT2D eigenvalue weighted by atomic mass is 9.49. The molecule has 4 fully saturated rings. The van der Waals surface area contributed by atoms with Crippen molar-refractivity contribution in [2.45, 2.75) is 48.6 Å². The van der Waals surface area contributed by atoms with Crippen LogP contribution in [-0.4, -0.2) is 16.1 Å². The molecule has 1 heterocycles. The molecule has 4 aliphatic rings. The van der Waals surface area contributed by atoms with Crippen LogP contribution in [0.5, 0.6) is 0 Å². The summed E-state index contributed by atoms with van der Waals surface area (Å²) in [4.78, 5) is 13.1. The molecule has 1 N–H and O–H groups in total. The number of amides is 1. The predicted octanol–water partition coefficient (Wildman–Crippen LogP) is 5.64. The number of carbonyl (C=O) groups is 1. The third-order valence-corrected chi connectivity index (χ3v) is 8.72. The van der Waals surface area contributed by atoms with Crippen LogP contribution < -0.4 is 5.32 Å². The molecule has 4 bridgehead atoms. The monoisotopic (exact) mass is 419 g/mol. The van der Waals surface area contributed by atoms with Crippen LogP contribution in [0.1, 0.15) is 44.1 Å². The highest BCUT2D eigenvalue weighted by atomic mass is 35.5. The Morgan fingerprint density at radius 2 is 1.74 bits per heavy atom. The third-order valence-electron chi connectivity index (χ3n) is 6.42. The second-order valence-electron chi connectivity index (χ2n) is 8.44. The molecule has 142 valence electrons. The Bertz CT molecular complexity index is 816. The van der Waals surface area contributed by atoms with E-state index in [9.17, 15) is 4.79 Å². The fourth-order valence-electron chi connectivity index (χ4n) is 5.66. The summed E-state index contributed by atoms with van der Waals surface area (Å²) in [6, 6.07) is 7.83. The van der Waals surface area contributed by atoms with E-state index in [-0.39, 0.29) is 11.3 Å². The lowest BCUT2D eigenvalue weighted by Crippen LogP contribution is -2.51. The molecule has 4 nitrogen and oxygen atoms in total. The van der Waals surface area contributed by atoms with Gasteiger partial charge in [0.15, 0.2) is 4.34 Å².